The van der Waals surface area contributed by atoms with Crippen LogP contribution in [0.3, 0.4) is 0 Å². The summed E-state index contributed by atoms with van der Waals surface area (Å²) in [5.41, 5.74) is 0.144. The van der Waals surface area contributed by atoms with Crippen molar-refractivity contribution in [1.29, 1.82) is 0 Å². The number of aromatic nitrogens is 2. The molecule has 0 bridgehead atoms. The van der Waals surface area contributed by atoms with E-state index in [1.54, 1.807) is 6.92 Å². The first-order chi connectivity index (χ1) is 7.56. The molecule has 0 aliphatic rings. The molecule has 16 heavy (non-hydrogen) atoms. The van der Waals surface area contributed by atoms with Gasteiger partial charge in [-0.05, 0) is 13.3 Å². The molecule has 2 N–H and O–H groups in total. The molecule has 0 amide bonds. The lowest BCUT2D eigenvalue weighted by Gasteiger charge is -2.09. The minimum Gasteiger partial charge on any atom is -0.480 e. The molecule has 1 rings (SSSR count). The first-order valence-electron chi connectivity index (χ1n) is 5.08. The number of anilines is 1. The highest BCUT2D eigenvalue weighted by Gasteiger charge is 2.09. The van der Waals surface area contributed by atoms with Gasteiger partial charge in [-0.25, -0.2) is 4.98 Å². The van der Waals surface area contributed by atoms with Crippen molar-refractivity contribution in [2.24, 2.45) is 0 Å². The molecule has 0 saturated carbocycles. The van der Waals surface area contributed by atoms with Gasteiger partial charge in [-0.3, -0.25) is 14.2 Å². The van der Waals surface area contributed by atoms with E-state index in [4.69, 9.17) is 5.11 Å². The molecule has 0 aliphatic heterocycles. The molecule has 0 saturated heterocycles. The molecule has 88 valence electrons. The van der Waals surface area contributed by atoms with Crippen molar-refractivity contribution in [3.63, 3.8) is 0 Å². The van der Waals surface area contributed by atoms with Crippen molar-refractivity contribution in [2.75, 3.05) is 11.9 Å². The average molecular weight is 225 g/mol. The van der Waals surface area contributed by atoms with Gasteiger partial charge >= 0.3 is 5.97 Å². The van der Waals surface area contributed by atoms with Crippen molar-refractivity contribution < 1.29 is 9.90 Å². The Labute approximate surface area is 92.9 Å². The van der Waals surface area contributed by atoms with Crippen LogP contribution in [0.1, 0.15) is 19.0 Å². The van der Waals surface area contributed by atoms with Crippen molar-refractivity contribution in [3.8, 4) is 0 Å². The third-order valence-corrected chi connectivity index (χ3v) is 2.09. The zero-order chi connectivity index (χ0) is 12.1. The summed E-state index contributed by atoms with van der Waals surface area (Å²) < 4.78 is 1.19. The van der Waals surface area contributed by atoms with Gasteiger partial charge in [0.25, 0.3) is 5.56 Å². The molecule has 0 radical (unpaired) electrons. The van der Waals surface area contributed by atoms with E-state index >= 15 is 0 Å². The number of hydrogen-bond acceptors (Lipinski definition) is 4. The smallest absolute Gasteiger partial charge is 0.323 e. The minimum absolute atomic E-state index is 0.203. The van der Waals surface area contributed by atoms with Gasteiger partial charge in [0.05, 0.1) is 0 Å². The normalized spacial score (nSPS) is 10.1. The van der Waals surface area contributed by atoms with Crippen LogP contribution in [0.15, 0.2) is 11.0 Å². The Morgan fingerprint density at radius 1 is 1.62 bits per heavy atom. The van der Waals surface area contributed by atoms with Crippen LogP contribution < -0.4 is 10.9 Å². The second-order valence-electron chi connectivity index (χ2n) is 3.46. The van der Waals surface area contributed by atoms with Gasteiger partial charge in [0, 0.05) is 18.4 Å². The highest BCUT2D eigenvalue weighted by molar-refractivity contribution is 5.66. The Balaban J connectivity index is 3.06. The summed E-state index contributed by atoms with van der Waals surface area (Å²) in [7, 11) is 0. The number of carbonyl (C=O) groups is 1. The summed E-state index contributed by atoms with van der Waals surface area (Å²) in [5.74, 6) is -0.841. The van der Waals surface area contributed by atoms with Crippen LogP contribution in [0.5, 0.6) is 0 Å². The number of nitrogens with one attached hydrogen (secondary N) is 1. The summed E-state index contributed by atoms with van der Waals surface area (Å²) >= 11 is 0. The third-order valence-electron chi connectivity index (χ3n) is 2.09. The summed E-state index contributed by atoms with van der Waals surface area (Å²) in [6, 6.07) is 0. The van der Waals surface area contributed by atoms with E-state index < -0.39 is 11.5 Å². The average Bonchev–Trinajstić information content (AvgIpc) is 2.23. The Kier molecular flexibility index (Phi) is 4.04. The van der Waals surface area contributed by atoms with E-state index in [9.17, 15) is 9.59 Å². The van der Waals surface area contributed by atoms with Crippen LogP contribution >= 0.6 is 0 Å². The van der Waals surface area contributed by atoms with Crippen molar-refractivity contribution in [2.45, 2.75) is 26.8 Å². The fourth-order valence-electron chi connectivity index (χ4n) is 1.27. The highest BCUT2D eigenvalue weighted by Crippen LogP contribution is 1.98. The summed E-state index contributed by atoms with van der Waals surface area (Å²) in [6.07, 6.45) is 2.36. The maximum atomic E-state index is 11.8. The van der Waals surface area contributed by atoms with Gasteiger partial charge in [-0.2, -0.15) is 0 Å². The maximum absolute atomic E-state index is 11.8. The van der Waals surface area contributed by atoms with E-state index in [0.29, 0.717) is 12.2 Å². The van der Waals surface area contributed by atoms with Crippen LogP contribution in [0.2, 0.25) is 0 Å². The quantitative estimate of drug-likeness (QED) is 0.760. The fourth-order valence-corrected chi connectivity index (χ4v) is 1.27. The molecule has 1 aromatic heterocycles. The topological polar surface area (TPSA) is 84.2 Å². The van der Waals surface area contributed by atoms with Gasteiger partial charge in [-0.15, -0.1) is 0 Å². The lowest BCUT2D eigenvalue weighted by molar-refractivity contribution is -0.137. The van der Waals surface area contributed by atoms with Crippen LogP contribution in [-0.2, 0) is 11.3 Å². The Morgan fingerprint density at radius 3 is 2.88 bits per heavy atom. The number of aryl methyl sites for hydroxylation is 1. The first-order valence-corrected chi connectivity index (χ1v) is 5.08. The molecular formula is C10H15N3O3. The maximum Gasteiger partial charge on any atom is 0.323 e. The van der Waals surface area contributed by atoms with E-state index in [1.165, 1.54) is 10.8 Å². The molecule has 0 fully saturated rings. The zero-order valence-corrected chi connectivity index (χ0v) is 9.36. The van der Waals surface area contributed by atoms with Crippen molar-refractivity contribution in [3.05, 3.63) is 22.2 Å². The Morgan fingerprint density at radius 2 is 2.31 bits per heavy atom. The third kappa shape index (κ3) is 2.82. The predicted octanol–water partition coefficient (Wildman–Crippen LogP) is 0.458. The first kappa shape index (κ1) is 12.2. The number of nitrogens with zero attached hydrogens (tertiary/aromatic N) is 2. The molecule has 1 aromatic rings. The minimum atomic E-state index is -1.04. The Hall–Kier alpha value is -1.85. The lowest BCUT2D eigenvalue weighted by atomic mass is 10.4. The van der Waals surface area contributed by atoms with Crippen LogP contribution in [0.25, 0.3) is 0 Å². The zero-order valence-electron chi connectivity index (χ0n) is 9.36. The highest BCUT2D eigenvalue weighted by atomic mass is 16.4. The van der Waals surface area contributed by atoms with E-state index in [2.05, 4.69) is 10.3 Å². The van der Waals surface area contributed by atoms with Gasteiger partial charge in [-0.1, -0.05) is 6.92 Å². The van der Waals surface area contributed by atoms with E-state index in [0.717, 1.165) is 6.42 Å². The van der Waals surface area contributed by atoms with E-state index in [-0.39, 0.29) is 12.4 Å². The molecule has 0 aliphatic carbocycles. The summed E-state index contributed by atoms with van der Waals surface area (Å²) in [5, 5.41) is 11.5. The number of rotatable bonds is 5. The predicted molar refractivity (Wildman–Crippen MR) is 59.7 cm³/mol. The van der Waals surface area contributed by atoms with E-state index in [1.807, 2.05) is 6.92 Å². The lowest BCUT2D eigenvalue weighted by Crippen LogP contribution is -2.29. The van der Waals surface area contributed by atoms with Crippen LogP contribution in [-0.4, -0.2) is 27.2 Å². The van der Waals surface area contributed by atoms with Gasteiger partial charge in [0.2, 0.25) is 0 Å². The van der Waals surface area contributed by atoms with Crippen LogP contribution in [0, 0.1) is 6.92 Å². The number of hydrogen-bond donors (Lipinski definition) is 2. The molecule has 0 atom stereocenters. The van der Waals surface area contributed by atoms with Gasteiger partial charge in [0.15, 0.2) is 5.82 Å². The second kappa shape index (κ2) is 5.29. The molecule has 6 nitrogen and oxygen atoms in total. The number of aliphatic carboxylic acids is 1. The number of carboxylic acids is 1. The van der Waals surface area contributed by atoms with Gasteiger partial charge in [0.1, 0.15) is 6.54 Å². The molecule has 1 heterocycles. The van der Waals surface area contributed by atoms with Gasteiger partial charge < -0.3 is 10.4 Å². The second-order valence-corrected chi connectivity index (χ2v) is 3.46. The molecule has 0 aromatic carbocycles. The standard InChI is InChI=1S/C10H15N3O3/c1-3-4-11-9-10(16)13(6-8(14)15)7(2)5-12-9/h5H,3-4,6H2,1-2H3,(H,11,12)(H,14,15). The van der Waals surface area contributed by atoms with Crippen molar-refractivity contribution >= 4 is 11.8 Å². The fraction of sp³-hybridized carbons (Fsp3) is 0.500. The molecular weight excluding hydrogens is 210 g/mol. The SMILES string of the molecule is CCCNc1ncc(C)n(CC(=O)O)c1=O. The largest absolute Gasteiger partial charge is 0.480 e. The molecule has 0 unspecified atom stereocenters. The summed E-state index contributed by atoms with van der Waals surface area (Å²) in [6.45, 7) is 3.92. The summed E-state index contributed by atoms with van der Waals surface area (Å²) in [4.78, 5) is 26.3. The monoisotopic (exact) mass is 225 g/mol. The number of carboxylic acid groups (broad SMARTS) is 1. The molecule has 6 heteroatoms. The van der Waals surface area contributed by atoms with Crippen molar-refractivity contribution in [1.82, 2.24) is 9.55 Å². The Bertz CT molecular complexity index is 439. The van der Waals surface area contributed by atoms with Crippen LogP contribution in [0.4, 0.5) is 5.82 Å². The molecule has 0 spiro atoms.